The second-order valence-corrected chi connectivity index (χ2v) is 10.2. The van der Waals surface area contributed by atoms with E-state index in [1.54, 1.807) is 12.1 Å². The number of nitrogens with one attached hydrogen (secondary N) is 1. The molecule has 3 rings (SSSR count). The van der Waals surface area contributed by atoms with E-state index in [1.807, 2.05) is 19.0 Å². The van der Waals surface area contributed by atoms with Crippen LogP contribution in [0, 0.1) is 5.82 Å². The molecule has 9 heteroatoms. The lowest BCUT2D eigenvalue weighted by Crippen LogP contribution is -2.36. The molecule has 0 radical (unpaired) electrons. The van der Waals surface area contributed by atoms with Gasteiger partial charge in [0.25, 0.3) is 5.91 Å². The maximum atomic E-state index is 13.6. The quantitative estimate of drug-likeness (QED) is 0.674. The minimum atomic E-state index is -3.77. The van der Waals surface area contributed by atoms with Gasteiger partial charge >= 0.3 is 0 Å². The normalized spacial score (nSPS) is 16.3. The number of carbonyl (C=O) groups is 1. The Morgan fingerprint density at radius 1 is 1.16 bits per heavy atom. The molecule has 1 N–H and O–H groups in total. The van der Waals surface area contributed by atoms with Crippen LogP contribution in [0.2, 0.25) is 5.02 Å². The zero-order valence-corrected chi connectivity index (χ0v) is 19.2. The van der Waals surface area contributed by atoms with E-state index in [-0.39, 0.29) is 33.9 Å². The van der Waals surface area contributed by atoms with E-state index < -0.39 is 15.9 Å². The van der Waals surface area contributed by atoms with Gasteiger partial charge in [-0.2, -0.15) is 4.31 Å². The van der Waals surface area contributed by atoms with Crippen LogP contribution in [0.25, 0.3) is 0 Å². The average Bonchev–Trinajstić information content (AvgIpc) is 2.74. The van der Waals surface area contributed by atoms with E-state index in [2.05, 4.69) is 5.32 Å². The van der Waals surface area contributed by atoms with Crippen molar-refractivity contribution in [2.75, 3.05) is 33.7 Å². The van der Waals surface area contributed by atoms with Crippen molar-refractivity contribution in [3.63, 3.8) is 0 Å². The van der Waals surface area contributed by atoms with Crippen LogP contribution in [-0.4, -0.2) is 57.3 Å². The van der Waals surface area contributed by atoms with Crippen molar-refractivity contribution in [2.24, 2.45) is 0 Å². The van der Waals surface area contributed by atoms with Crippen LogP contribution in [0.4, 0.5) is 4.39 Å². The van der Waals surface area contributed by atoms with Gasteiger partial charge < -0.3 is 10.2 Å². The molecule has 0 saturated carbocycles. The number of nitrogens with zero attached hydrogens (tertiary/aromatic N) is 2. The van der Waals surface area contributed by atoms with Gasteiger partial charge in [0.05, 0.1) is 11.1 Å². The molecule has 1 aliphatic rings. The maximum Gasteiger partial charge on any atom is 0.251 e. The summed E-state index contributed by atoms with van der Waals surface area (Å²) in [5.74, 6) is -0.768. The summed E-state index contributed by atoms with van der Waals surface area (Å²) in [5.41, 5.74) is 0.937. The van der Waals surface area contributed by atoms with Crippen LogP contribution < -0.4 is 5.32 Å². The maximum absolute atomic E-state index is 13.6. The van der Waals surface area contributed by atoms with Crippen LogP contribution in [0.3, 0.4) is 0 Å². The second kappa shape index (κ2) is 10.1. The fourth-order valence-electron chi connectivity index (χ4n) is 3.69. The Kier molecular flexibility index (Phi) is 7.69. The summed E-state index contributed by atoms with van der Waals surface area (Å²) in [6, 6.07) is 10.2. The Bertz CT molecular complexity index is 1040. The molecule has 1 atom stereocenters. The molecule has 0 bridgehead atoms. The van der Waals surface area contributed by atoms with Gasteiger partial charge in [0.2, 0.25) is 10.0 Å². The molecule has 6 nitrogen and oxygen atoms in total. The third-order valence-electron chi connectivity index (χ3n) is 5.44. The smallest absolute Gasteiger partial charge is 0.251 e. The first-order valence-corrected chi connectivity index (χ1v) is 12.0. The number of rotatable bonds is 7. The van der Waals surface area contributed by atoms with Gasteiger partial charge in [0, 0.05) is 25.2 Å². The number of halogens is 2. The Morgan fingerprint density at radius 3 is 2.52 bits per heavy atom. The molecule has 31 heavy (non-hydrogen) atoms. The largest absolute Gasteiger partial charge is 0.350 e. The number of likely N-dealkylation sites (N-methyl/N-ethyl adjacent to an activating group) is 1. The van der Waals surface area contributed by atoms with Gasteiger partial charge in [-0.3, -0.25) is 4.79 Å². The van der Waals surface area contributed by atoms with Gasteiger partial charge in [-0.1, -0.05) is 30.2 Å². The van der Waals surface area contributed by atoms with Crippen LogP contribution in [0.15, 0.2) is 47.4 Å². The summed E-state index contributed by atoms with van der Waals surface area (Å²) in [7, 11) is -0.0885. The molecular formula is C22H27ClFN3O3S. The van der Waals surface area contributed by atoms with Crippen LogP contribution in [0.1, 0.15) is 41.2 Å². The SMILES string of the molecule is CN(C)C(CNC(=O)c1ccc(Cl)c(S(=O)(=O)N2CCCCC2)c1)c1cccc(F)c1. The van der Waals surface area contributed by atoms with E-state index in [0.29, 0.717) is 13.1 Å². The van der Waals surface area contributed by atoms with Gasteiger partial charge in [-0.15, -0.1) is 0 Å². The number of hydrogen-bond donors (Lipinski definition) is 1. The summed E-state index contributed by atoms with van der Waals surface area (Å²) in [6.07, 6.45) is 2.62. The minimum Gasteiger partial charge on any atom is -0.350 e. The molecule has 1 aliphatic heterocycles. The third kappa shape index (κ3) is 5.63. The first-order chi connectivity index (χ1) is 14.7. The van der Waals surface area contributed by atoms with Gasteiger partial charge in [0.15, 0.2) is 0 Å². The number of sulfonamides is 1. The average molecular weight is 468 g/mol. The highest BCUT2D eigenvalue weighted by Gasteiger charge is 2.29. The van der Waals surface area contributed by atoms with E-state index in [1.165, 1.54) is 34.6 Å². The lowest BCUT2D eigenvalue weighted by molar-refractivity contribution is 0.0941. The van der Waals surface area contributed by atoms with Crippen molar-refractivity contribution in [2.45, 2.75) is 30.2 Å². The second-order valence-electron chi connectivity index (χ2n) is 7.85. The Hall–Kier alpha value is -2.00. The highest BCUT2D eigenvalue weighted by atomic mass is 35.5. The van der Waals surface area contributed by atoms with Crippen molar-refractivity contribution >= 4 is 27.5 Å². The lowest BCUT2D eigenvalue weighted by Gasteiger charge is -2.26. The van der Waals surface area contributed by atoms with Gasteiger partial charge in [0.1, 0.15) is 10.7 Å². The summed E-state index contributed by atoms with van der Waals surface area (Å²) in [5, 5.41) is 2.91. The predicted molar refractivity (Wildman–Crippen MR) is 119 cm³/mol. The zero-order chi connectivity index (χ0) is 22.6. The van der Waals surface area contributed by atoms with Crippen molar-refractivity contribution in [1.82, 2.24) is 14.5 Å². The van der Waals surface area contributed by atoms with E-state index >= 15 is 0 Å². The number of benzene rings is 2. The fourth-order valence-corrected chi connectivity index (χ4v) is 5.71. The molecule has 0 aromatic heterocycles. The lowest BCUT2D eigenvalue weighted by atomic mass is 10.1. The highest BCUT2D eigenvalue weighted by Crippen LogP contribution is 2.28. The van der Waals surface area contributed by atoms with Crippen LogP contribution >= 0.6 is 11.6 Å². The van der Waals surface area contributed by atoms with Gasteiger partial charge in [-0.05, 0) is 62.8 Å². The van der Waals surface area contributed by atoms with Crippen LogP contribution in [0.5, 0.6) is 0 Å². The fraction of sp³-hybridized carbons (Fsp3) is 0.409. The number of carbonyl (C=O) groups excluding carboxylic acids is 1. The molecule has 0 spiro atoms. The predicted octanol–water partition coefficient (Wildman–Crippen LogP) is 3.69. The molecule has 0 aliphatic carbocycles. The van der Waals surface area contributed by atoms with Gasteiger partial charge in [-0.25, -0.2) is 12.8 Å². The Labute approximate surface area is 188 Å². The first kappa shape index (κ1) is 23.7. The first-order valence-electron chi connectivity index (χ1n) is 10.2. The van der Waals surface area contributed by atoms with Crippen molar-refractivity contribution < 1.29 is 17.6 Å². The molecular weight excluding hydrogens is 441 g/mol. The summed E-state index contributed by atoms with van der Waals surface area (Å²) in [4.78, 5) is 14.6. The monoisotopic (exact) mass is 467 g/mol. The van der Waals surface area contributed by atoms with Crippen LogP contribution in [-0.2, 0) is 10.0 Å². The molecule has 1 amide bonds. The summed E-state index contributed by atoms with van der Waals surface area (Å²) < 4.78 is 41.1. The molecule has 1 unspecified atom stereocenters. The number of amides is 1. The molecule has 1 saturated heterocycles. The van der Waals surface area contributed by atoms with Crippen molar-refractivity contribution in [1.29, 1.82) is 0 Å². The number of hydrogen-bond acceptors (Lipinski definition) is 4. The molecule has 2 aromatic carbocycles. The zero-order valence-electron chi connectivity index (χ0n) is 17.6. The number of piperidine rings is 1. The molecule has 168 valence electrons. The third-order valence-corrected chi connectivity index (χ3v) is 7.82. The highest BCUT2D eigenvalue weighted by molar-refractivity contribution is 7.89. The Morgan fingerprint density at radius 2 is 1.87 bits per heavy atom. The Balaban J connectivity index is 1.78. The van der Waals surface area contributed by atoms with E-state index in [4.69, 9.17) is 11.6 Å². The topological polar surface area (TPSA) is 69.7 Å². The van der Waals surface area contributed by atoms with Crippen molar-refractivity contribution in [3.05, 3.63) is 64.4 Å². The van der Waals surface area contributed by atoms with E-state index in [9.17, 15) is 17.6 Å². The van der Waals surface area contributed by atoms with E-state index in [0.717, 1.165) is 24.8 Å². The molecule has 1 heterocycles. The molecule has 1 fully saturated rings. The minimum absolute atomic E-state index is 0.0574. The van der Waals surface area contributed by atoms with Crippen molar-refractivity contribution in [3.8, 4) is 0 Å². The summed E-state index contributed by atoms with van der Waals surface area (Å²) in [6.45, 7) is 1.13. The standard InChI is InChI=1S/C22H27ClFN3O3S/c1-26(2)20(16-7-6-8-18(24)13-16)15-25-22(28)17-9-10-19(23)21(14-17)31(29,30)27-11-4-3-5-12-27/h6-10,13-14,20H,3-5,11-12,15H2,1-2H3,(H,25,28). The molecule has 2 aromatic rings. The summed E-state index contributed by atoms with van der Waals surface area (Å²) >= 11 is 6.19.